The maximum Gasteiger partial charge on any atom is 0.308 e. The van der Waals surface area contributed by atoms with Crippen molar-refractivity contribution in [3.8, 4) is 11.5 Å². The van der Waals surface area contributed by atoms with Crippen molar-refractivity contribution in [1.29, 1.82) is 0 Å². The van der Waals surface area contributed by atoms with Gasteiger partial charge in [0.05, 0.1) is 7.11 Å². The molecule has 1 saturated carbocycles. The highest BCUT2D eigenvalue weighted by Crippen LogP contribution is 2.61. The van der Waals surface area contributed by atoms with E-state index in [0.717, 1.165) is 15.7 Å². The van der Waals surface area contributed by atoms with Crippen LogP contribution in [0.15, 0.2) is 53.5 Å². The van der Waals surface area contributed by atoms with Crippen molar-refractivity contribution in [2.24, 2.45) is 4.99 Å². The van der Waals surface area contributed by atoms with Crippen molar-refractivity contribution in [3.05, 3.63) is 59.7 Å². The Morgan fingerprint density at radius 2 is 2.04 bits per heavy atom. The maximum atomic E-state index is 12.7. The highest BCUT2D eigenvalue weighted by atomic mass is 32.2. The van der Waals surface area contributed by atoms with E-state index in [2.05, 4.69) is 12.1 Å². The number of benzene rings is 2. The number of rotatable bonds is 5. The lowest BCUT2D eigenvalue weighted by Crippen LogP contribution is -2.14. The highest BCUT2D eigenvalue weighted by molar-refractivity contribution is 8.45. The second-order valence-electron chi connectivity index (χ2n) is 6.73. The van der Waals surface area contributed by atoms with Gasteiger partial charge in [-0.25, -0.2) is 0 Å². The Balaban J connectivity index is 1.49. The van der Waals surface area contributed by atoms with Gasteiger partial charge in [0, 0.05) is 18.6 Å². The van der Waals surface area contributed by atoms with Crippen LogP contribution in [0.3, 0.4) is 0 Å². The summed E-state index contributed by atoms with van der Waals surface area (Å²) in [5.41, 5.74) is 1.53. The van der Waals surface area contributed by atoms with Gasteiger partial charge in [0.15, 0.2) is 11.5 Å². The van der Waals surface area contributed by atoms with E-state index < -0.39 is 11.5 Å². The number of esters is 1. The van der Waals surface area contributed by atoms with Gasteiger partial charge in [0.2, 0.25) is 5.12 Å². The van der Waals surface area contributed by atoms with Gasteiger partial charge in [0.1, 0.15) is 9.91 Å². The van der Waals surface area contributed by atoms with Gasteiger partial charge in [-0.2, -0.15) is 0 Å². The normalized spacial score (nSPS) is 22.9. The number of aliphatic imine (C=N–C) groups is 1. The van der Waals surface area contributed by atoms with E-state index in [4.69, 9.17) is 14.5 Å². The van der Waals surface area contributed by atoms with Gasteiger partial charge in [-0.3, -0.25) is 14.6 Å². The van der Waals surface area contributed by atoms with E-state index in [9.17, 15) is 9.59 Å². The van der Waals surface area contributed by atoms with Crippen molar-refractivity contribution in [2.45, 2.75) is 30.6 Å². The van der Waals surface area contributed by atoms with Crippen molar-refractivity contribution in [3.63, 3.8) is 0 Å². The Kier molecular flexibility index (Phi) is 5.21. The van der Waals surface area contributed by atoms with Crippen LogP contribution in [0.5, 0.6) is 11.5 Å². The molecule has 144 valence electrons. The number of ether oxygens (including phenoxy) is 2. The Hall–Kier alpha value is -2.25. The number of nitrogens with zero attached hydrogens (tertiary/aromatic N) is 1. The molecule has 5 nitrogen and oxygen atoms in total. The molecule has 1 aliphatic carbocycles. The summed E-state index contributed by atoms with van der Waals surface area (Å²) in [5.74, 6) is 1.29. The lowest BCUT2D eigenvalue weighted by Gasteiger charge is -2.10. The first-order valence-corrected chi connectivity index (χ1v) is 10.7. The van der Waals surface area contributed by atoms with Gasteiger partial charge in [0.25, 0.3) is 0 Å². The Labute approximate surface area is 171 Å². The minimum absolute atomic E-state index is 0.0302. The molecule has 1 heterocycles. The first-order chi connectivity index (χ1) is 13.5. The second kappa shape index (κ2) is 7.64. The standard InChI is InChI=1S/C21H19NO4S2/c1-13(23)26-17-9-8-15(10-18(17)25-2)16-11-21(16)19(24)28-20(22-21)27-12-14-6-4-3-5-7-14/h3-10,16H,11-12H2,1-2H3/t16-,21-/m1/s1. The van der Waals surface area contributed by atoms with E-state index in [-0.39, 0.29) is 11.0 Å². The third kappa shape index (κ3) is 3.69. The van der Waals surface area contributed by atoms with Crippen molar-refractivity contribution >= 4 is 39.0 Å². The van der Waals surface area contributed by atoms with E-state index in [1.54, 1.807) is 17.8 Å². The van der Waals surface area contributed by atoms with Gasteiger partial charge < -0.3 is 9.47 Å². The van der Waals surface area contributed by atoms with Gasteiger partial charge >= 0.3 is 5.97 Å². The number of carbonyl (C=O) groups excluding carboxylic acids is 2. The number of thioether (sulfide) groups is 2. The predicted molar refractivity (Wildman–Crippen MR) is 112 cm³/mol. The Bertz CT molecular complexity index is 960. The number of hydrogen-bond acceptors (Lipinski definition) is 7. The second-order valence-corrected chi connectivity index (χ2v) is 8.91. The number of methoxy groups -OCH3 is 1. The molecule has 28 heavy (non-hydrogen) atoms. The van der Waals surface area contributed by atoms with E-state index in [1.165, 1.54) is 31.4 Å². The van der Waals surface area contributed by atoms with Crippen LogP contribution in [0.2, 0.25) is 0 Å². The Morgan fingerprint density at radius 3 is 2.75 bits per heavy atom. The molecule has 4 rings (SSSR count). The van der Waals surface area contributed by atoms with Crippen LogP contribution in [0, 0.1) is 0 Å². The van der Waals surface area contributed by atoms with Gasteiger partial charge in [-0.1, -0.05) is 48.2 Å². The summed E-state index contributed by atoms with van der Waals surface area (Å²) in [6.07, 6.45) is 0.699. The summed E-state index contributed by atoms with van der Waals surface area (Å²) in [6.45, 7) is 1.35. The average molecular weight is 414 g/mol. The van der Waals surface area contributed by atoms with Crippen molar-refractivity contribution in [2.75, 3.05) is 7.11 Å². The fraction of sp³-hybridized carbons (Fsp3) is 0.286. The molecule has 1 spiro atoms. The number of carbonyl (C=O) groups is 2. The molecular weight excluding hydrogens is 394 g/mol. The monoisotopic (exact) mass is 413 g/mol. The summed E-state index contributed by atoms with van der Waals surface area (Å²) >= 11 is 2.85. The summed E-state index contributed by atoms with van der Waals surface area (Å²) in [5, 5.41) is 0.107. The van der Waals surface area contributed by atoms with Crippen LogP contribution in [0.4, 0.5) is 0 Å². The summed E-state index contributed by atoms with van der Waals surface area (Å²) in [7, 11) is 1.53. The van der Waals surface area contributed by atoms with Crippen molar-refractivity contribution in [1.82, 2.24) is 0 Å². The molecule has 1 aliphatic heterocycles. The van der Waals surface area contributed by atoms with E-state index in [0.29, 0.717) is 17.9 Å². The average Bonchev–Trinajstić information content (AvgIpc) is 3.33. The lowest BCUT2D eigenvalue weighted by molar-refractivity contribution is -0.132. The molecule has 2 aromatic rings. The molecule has 0 aromatic heterocycles. The fourth-order valence-corrected chi connectivity index (χ4v) is 5.48. The molecule has 0 bridgehead atoms. The van der Waals surface area contributed by atoms with Crippen LogP contribution in [-0.2, 0) is 15.3 Å². The molecule has 2 aromatic carbocycles. The molecule has 0 unspecified atom stereocenters. The SMILES string of the molecule is COc1cc([C@H]2C[C@@]23N=C(SCc2ccccc2)SC3=O)ccc1OC(C)=O. The van der Waals surface area contributed by atoms with Crippen LogP contribution < -0.4 is 9.47 Å². The maximum absolute atomic E-state index is 12.7. The lowest BCUT2D eigenvalue weighted by atomic mass is 10.1. The summed E-state index contributed by atoms with van der Waals surface area (Å²) in [6, 6.07) is 15.6. The molecular formula is C21H19NO4S2. The van der Waals surface area contributed by atoms with Crippen LogP contribution >= 0.6 is 23.5 Å². The summed E-state index contributed by atoms with van der Waals surface area (Å²) in [4.78, 5) is 28.7. The Morgan fingerprint density at radius 1 is 1.25 bits per heavy atom. The van der Waals surface area contributed by atoms with E-state index >= 15 is 0 Å². The highest BCUT2D eigenvalue weighted by Gasteiger charge is 2.64. The molecule has 0 radical (unpaired) electrons. The molecule has 0 amide bonds. The zero-order valence-electron chi connectivity index (χ0n) is 15.5. The molecule has 1 fully saturated rings. The molecule has 0 saturated heterocycles. The zero-order chi connectivity index (χ0) is 19.7. The van der Waals surface area contributed by atoms with Crippen LogP contribution in [0.25, 0.3) is 0 Å². The zero-order valence-corrected chi connectivity index (χ0v) is 17.1. The van der Waals surface area contributed by atoms with Gasteiger partial charge in [-0.05, 0) is 41.4 Å². The quantitative estimate of drug-likeness (QED) is 0.534. The third-order valence-corrected chi connectivity index (χ3v) is 7.03. The van der Waals surface area contributed by atoms with E-state index in [1.807, 2.05) is 30.3 Å². The first kappa shape index (κ1) is 19.1. The third-order valence-electron chi connectivity index (χ3n) is 4.80. The summed E-state index contributed by atoms with van der Waals surface area (Å²) < 4.78 is 11.3. The van der Waals surface area contributed by atoms with Gasteiger partial charge in [-0.15, -0.1) is 0 Å². The number of hydrogen-bond donors (Lipinski definition) is 0. The smallest absolute Gasteiger partial charge is 0.308 e. The molecule has 7 heteroatoms. The topological polar surface area (TPSA) is 65.0 Å². The van der Waals surface area contributed by atoms with Crippen LogP contribution in [-0.4, -0.2) is 28.1 Å². The minimum atomic E-state index is -0.655. The first-order valence-electron chi connectivity index (χ1n) is 8.87. The predicted octanol–water partition coefficient (Wildman–Crippen LogP) is 4.41. The van der Waals surface area contributed by atoms with Crippen molar-refractivity contribution < 1.29 is 19.1 Å². The minimum Gasteiger partial charge on any atom is -0.493 e. The molecule has 2 aliphatic rings. The molecule has 0 N–H and O–H groups in total. The molecule has 2 atom stereocenters. The fourth-order valence-electron chi connectivity index (χ4n) is 3.32. The van der Waals surface area contributed by atoms with Crippen LogP contribution in [0.1, 0.15) is 30.4 Å². The largest absolute Gasteiger partial charge is 0.493 e.